The lowest BCUT2D eigenvalue weighted by Gasteiger charge is -2.08. The van der Waals surface area contributed by atoms with Gasteiger partial charge in [0.1, 0.15) is 5.01 Å². The first kappa shape index (κ1) is 11.2. The summed E-state index contributed by atoms with van der Waals surface area (Å²) < 4.78 is 0. The van der Waals surface area contributed by atoms with Crippen LogP contribution in [0.5, 0.6) is 0 Å². The average molecular weight is 251 g/mol. The molecule has 3 aromatic rings. The van der Waals surface area contributed by atoms with Crippen molar-refractivity contribution in [2.75, 3.05) is 0 Å². The highest BCUT2D eigenvalue weighted by Crippen LogP contribution is 2.29. The summed E-state index contributed by atoms with van der Waals surface area (Å²) in [7, 11) is 0. The van der Waals surface area contributed by atoms with Gasteiger partial charge in [0.25, 0.3) is 0 Å². The third kappa shape index (κ3) is 2.07. The van der Waals surface area contributed by atoms with E-state index in [0.717, 1.165) is 5.01 Å². The lowest BCUT2D eigenvalue weighted by molar-refractivity contribution is 1.40. The summed E-state index contributed by atoms with van der Waals surface area (Å²) in [4.78, 5) is 4.37. The van der Waals surface area contributed by atoms with E-state index in [-0.39, 0.29) is 0 Å². The van der Waals surface area contributed by atoms with Gasteiger partial charge in [0, 0.05) is 17.1 Å². The van der Waals surface area contributed by atoms with E-state index in [1.165, 1.54) is 22.3 Å². The average Bonchev–Trinajstić information content (AvgIpc) is 2.94. The number of thiazole rings is 1. The molecule has 0 fully saturated rings. The van der Waals surface area contributed by atoms with Gasteiger partial charge in [0.2, 0.25) is 0 Å². The standard InChI is InChI=1S/C16H13NS/c1-12-7-8-14(16-17-9-10-18-16)11-15(12)13-5-3-2-4-6-13/h2-11H,1H3. The molecular weight excluding hydrogens is 238 g/mol. The normalized spacial score (nSPS) is 10.5. The molecule has 1 heterocycles. The van der Waals surface area contributed by atoms with Crippen molar-refractivity contribution in [3.05, 3.63) is 65.7 Å². The smallest absolute Gasteiger partial charge is 0.123 e. The fraction of sp³-hybridized carbons (Fsp3) is 0.0625. The quantitative estimate of drug-likeness (QED) is 0.638. The minimum atomic E-state index is 1.08. The third-order valence-electron chi connectivity index (χ3n) is 3.00. The first-order valence-electron chi connectivity index (χ1n) is 5.90. The predicted molar refractivity (Wildman–Crippen MR) is 77.7 cm³/mol. The second-order valence-corrected chi connectivity index (χ2v) is 5.13. The molecule has 0 bridgehead atoms. The number of aromatic nitrogens is 1. The van der Waals surface area contributed by atoms with Gasteiger partial charge in [0.15, 0.2) is 0 Å². The lowest BCUT2D eigenvalue weighted by atomic mass is 9.98. The van der Waals surface area contributed by atoms with E-state index in [2.05, 4.69) is 54.4 Å². The Kier molecular flexibility index (Phi) is 2.95. The van der Waals surface area contributed by atoms with Gasteiger partial charge in [0.05, 0.1) is 0 Å². The van der Waals surface area contributed by atoms with Crippen LogP contribution in [0.1, 0.15) is 5.56 Å². The zero-order valence-electron chi connectivity index (χ0n) is 10.1. The van der Waals surface area contributed by atoms with E-state index in [1.54, 1.807) is 11.3 Å². The maximum absolute atomic E-state index is 4.37. The first-order valence-corrected chi connectivity index (χ1v) is 6.78. The Bertz CT molecular complexity index is 642. The second kappa shape index (κ2) is 4.75. The van der Waals surface area contributed by atoms with Crippen molar-refractivity contribution in [3.63, 3.8) is 0 Å². The molecule has 0 radical (unpaired) electrons. The van der Waals surface area contributed by atoms with Crippen LogP contribution < -0.4 is 0 Å². The Hall–Kier alpha value is -1.93. The Morgan fingerprint density at radius 1 is 0.944 bits per heavy atom. The van der Waals surface area contributed by atoms with Crippen LogP contribution in [0.4, 0.5) is 0 Å². The third-order valence-corrected chi connectivity index (χ3v) is 3.82. The molecule has 0 aliphatic rings. The maximum Gasteiger partial charge on any atom is 0.123 e. The number of aryl methyl sites for hydroxylation is 1. The largest absolute Gasteiger partial charge is 0.245 e. The van der Waals surface area contributed by atoms with Gasteiger partial charge in [-0.25, -0.2) is 4.98 Å². The van der Waals surface area contributed by atoms with Gasteiger partial charge in [-0.2, -0.15) is 0 Å². The number of rotatable bonds is 2. The Morgan fingerprint density at radius 3 is 2.50 bits per heavy atom. The summed E-state index contributed by atoms with van der Waals surface area (Å²) in [5.74, 6) is 0. The van der Waals surface area contributed by atoms with Crippen molar-refractivity contribution in [2.24, 2.45) is 0 Å². The SMILES string of the molecule is Cc1ccc(-c2nccs2)cc1-c1ccccc1. The molecule has 0 aliphatic carbocycles. The van der Waals surface area contributed by atoms with Gasteiger partial charge in [-0.15, -0.1) is 11.3 Å². The molecule has 0 saturated carbocycles. The van der Waals surface area contributed by atoms with Crippen molar-refractivity contribution >= 4 is 11.3 Å². The zero-order valence-corrected chi connectivity index (χ0v) is 10.9. The fourth-order valence-corrected chi connectivity index (χ4v) is 2.69. The van der Waals surface area contributed by atoms with E-state index in [1.807, 2.05) is 17.6 Å². The number of nitrogens with zero attached hydrogens (tertiary/aromatic N) is 1. The summed E-state index contributed by atoms with van der Waals surface area (Å²) in [6.07, 6.45) is 1.85. The molecule has 0 aliphatic heterocycles. The minimum absolute atomic E-state index is 1.08. The first-order chi connectivity index (χ1) is 8.84. The fourth-order valence-electron chi connectivity index (χ4n) is 2.05. The zero-order chi connectivity index (χ0) is 12.4. The lowest BCUT2D eigenvalue weighted by Crippen LogP contribution is -1.85. The summed E-state index contributed by atoms with van der Waals surface area (Å²) in [6, 6.07) is 17.0. The van der Waals surface area contributed by atoms with Gasteiger partial charge >= 0.3 is 0 Å². The van der Waals surface area contributed by atoms with Crippen molar-refractivity contribution < 1.29 is 0 Å². The monoisotopic (exact) mass is 251 g/mol. The molecule has 2 aromatic carbocycles. The van der Waals surface area contributed by atoms with Crippen molar-refractivity contribution in [1.82, 2.24) is 4.98 Å². The number of benzene rings is 2. The molecule has 0 amide bonds. The Labute approximate surface area is 111 Å². The van der Waals surface area contributed by atoms with E-state index in [0.29, 0.717) is 0 Å². The summed E-state index contributed by atoms with van der Waals surface area (Å²) >= 11 is 1.67. The van der Waals surface area contributed by atoms with Crippen LogP contribution in [0.15, 0.2) is 60.1 Å². The van der Waals surface area contributed by atoms with Crippen LogP contribution in [-0.2, 0) is 0 Å². The Balaban J connectivity index is 2.13. The molecular formula is C16H13NS. The van der Waals surface area contributed by atoms with E-state index >= 15 is 0 Å². The molecule has 0 unspecified atom stereocenters. The summed E-state index contributed by atoms with van der Waals surface area (Å²) in [5, 5.41) is 3.09. The van der Waals surface area contributed by atoms with Crippen LogP contribution in [0, 0.1) is 6.92 Å². The van der Waals surface area contributed by atoms with Gasteiger partial charge in [-0.3, -0.25) is 0 Å². The number of hydrogen-bond acceptors (Lipinski definition) is 2. The maximum atomic E-state index is 4.37. The highest BCUT2D eigenvalue weighted by Gasteiger charge is 2.06. The molecule has 0 spiro atoms. The molecule has 0 atom stereocenters. The minimum Gasteiger partial charge on any atom is -0.245 e. The number of hydrogen-bond donors (Lipinski definition) is 0. The van der Waals surface area contributed by atoms with Gasteiger partial charge < -0.3 is 0 Å². The van der Waals surface area contributed by atoms with E-state index in [4.69, 9.17) is 0 Å². The van der Waals surface area contributed by atoms with E-state index < -0.39 is 0 Å². The van der Waals surface area contributed by atoms with Crippen molar-refractivity contribution in [3.8, 4) is 21.7 Å². The summed E-state index contributed by atoms with van der Waals surface area (Å²) in [5.41, 5.74) is 5.02. The van der Waals surface area contributed by atoms with Gasteiger partial charge in [-0.05, 0) is 29.7 Å². The van der Waals surface area contributed by atoms with Crippen molar-refractivity contribution in [1.29, 1.82) is 0 Å². The molecule has 3 rings (SSSR count). The predicted octanol–water partition coefficient (Wildman–Crippen LogP) is 4.79. The molecule has 1 aromatic heterocycles. The van der Waals surface area contributed by atoms with Crippen molar-refractivity contribution in [2.45, 2.75) is 6.92 Å². The molecule has 88 valence electrons. The van der Waals surface area contributed by atoms with Crippen LogP contribution in [0.2, 0.25) is 0 Å². The summed E-state index contributed by atoms with van der Waals surface area (Å²) in [6.45, 7) is 2.15. The van der Waals surface area contributed by atoms with Gasteiger partial charge in [-0.1, -0.05) is 42.5 Å². The highest BCUT2D eigenvalue weighted by atomic mass is 32.1. The molecule has 1 nitrogen and oxygen atoms in total. The molecule has 0 saturated heterocycles. The molecule has 0 N–H and O–H groups in total. The van der Waals surface area contributed by atoms with Crippen LogP contribution in [0.25, 0.3) is 21.7 Å². The van der Waals surface area contributed by atoms with E-state index in [9.17, 15) is 0 Å². The second-order valence-electron chi connectivity index (χ2n) is 4.23. The highest BCUT2D eigenvalue weighted by molar-refractivity contribution is 7.13. The topological polar surface area (TPSA) is 12.9 Å². The van der Waals surface area contributed by atoms with Crippen LogP contribution in [0.3, 0.4) is 0 Å². The molecule has 2 heteroatoms. The molecule has 18 heavy (non-hydrogen) atoms. The van der Waals surface area contributed by atoms with Crippen LogP contribution in [-0.4, -0.2) is 4.98 Å². The Morgan fingerprint density at radius 2 is 1.78 bits per heavy atom. The van der Waals surface area contributed by atoms with Crippen LogP contribution >= 0.6 is 11.3 Å².